The molecule has 0 aromatic heterocycles. The fourth-order valence-electron chi connectivity index (χ4n) is 9.16. The molecule has 0 aromatic carbocycles. The van der Waals surface area contributed by atoms with Crippen LogP contribution in [0.3, 0.4) is 0 Å². The highest BCUT2D eigenvalue weighted by molar-refractivity contribution is 5.50. The summed E-state index contributed by atoms with van der Waals surface area (Å²) in [6.45, 7) is 18.8. The highest BCUT2D eigenvalue weighted by Crippen LogP contribution is 2.66. The topological polar surface area (TPSA) is 32.7 Å². The van der Waals surface area contributed by atoms with Gasteiger partial charge in [0.15, 0.2) is 0 Å². The highest BCUT2D eigenvalue weighted by atomic mass is 16.5. The summed E-state index contributed by atoms with van der Waals surface area (Å²) in [4.78, 5) is 2.67. The number of hydrogen-bond donors (Lipinski definition) is 1. The van der Waals surface area contributed by atoms with Crippen LogP contribution in [0.15, 0.2) is 22.8 Å². The number of ether oxygens (including phenoxy) is 1. The van der Waals surface area contributed by atoms with E-state index in [0.29, 0.717) is 23.3 Å². The van der Waals surface area contributed by atoms with E-state index in [1.54, 1.807) is 16.7 Å². The first-order valence-electron chi connectivity index (χ1n) is 13.5. The standard InChI is InChI=1S/C29H47NO2/c1-19(20(2)30-15-17-32-18-16-30)22-8-9-23-21-7-10-25-27(3,4)26(31)12-14-29(25,6)24(21)11-13-28(22,23)5/h9,19-20,22,25-26,31H,7-8,10-18H2,1-6H3/t19-,20?,22-,25?,26?,28-,29-/m1/s1. The van der Waals surface area contributed by atoms with Crippen molar-refractivity contribution in [2.24, 2.45) is 34.0 Å². The molecule has 3 heteroatoms. The average molecular weight is 442 g/mol. The molecule has 5 aliphatic rings. The molecule has 1 saturated carbocycles. The quantitative estimate of drug-likeness (QED) is 0.584. The fraction of sp³-hybridized carbons (Fsp3) is 0.862. The number of aliphatic hydroxyl groups is 1. The van der Waals surface area contributed by atoms with E-state index in [-0.39, 0.29) is 16.9 Å². The lowest BCUT2D eigenvalue weighted by Gasteiger charge is -2.59. The number of fused-ring (bicyclic) bond motifs is 4. The molecule has 0 aromatic rings. The van der Waals surface area contributed by atoms with Crippen molar-refractivity contribution < 1.29 is 9.84 Å². The molecular weight excluding hydrogens is 394 g/mol. The molecular formula is C29H47NO2. The average Bonchev–Trinajstić information content (AvgIpc) is 3.13. The van der Waals surface area contributed by atoms with Crippen LogP contribution in [0.5, 0.6) is 0 Å². The van der Waals surface area contributed by atoms with Crippen LogP contribution in [0.25, 0.3) is 0 Å². The van der Waals surface area contributed by atoms with Crippen LogP contribution < -0.4 is 0 Å². The molecule has 5 rings (SSSR count). The van der Waals surface area contributed by atoms with E-state index in [9.17, 15) is 5.11 Å². The molecule has 2 fully saturated rings. The molecule has 1 N–H and O–H groups in total. The Kier molecular flexibility index (Phi) is 5.75. The van der Waals surface area contributed by atoms with Gasteiger partial charge in [0, 0.05) is 19.1 Å². The maximum atomic E-state index is 10.8. The molecule has 0 spiro atoms. The van der Waals surface area contributed by atoms with Crippen LogP contribution >= 0.6 is 0 Å². The molecule has 0 radical (unpaired) electrons. The van der Waals surface area contributed by atoms with Gasteiger partial charge in [0.25, 0.3) is 0 Å². The third-order valence-electron chi connectivity index (χ3n) is 11.4. The molecule has 3 nitrogen and oxygen atoms in total. The normalized spacial score (nSPS) is 43.7. The summed E-state index contributed by atoms with van der Waals surface area (Å²) in [5.41, 5.74) is 5.91. The summed E-state index contributed by atoms with van der Waals surface area (Å²) < 4.78 is 5.62. The van der Waals surface area contributed by atoms with E-state index in [2.05, 4.69) is 52.5 Å². The van der Waals surface area contributed by atoms with Crippen LogP contribution in [-0.4, -0.2) is 48.5 Å². The van der Waals surface area contributed by atoms with Crippen molar-refractivity contribution in [2.45, 2.75) is 98.6 Å². The van der Waals surface area contributed by atoms with Gasteiger partial charge in [0.1, 0.15) is 0 Å². The summed E-state index contributed by atoms with van der Waals surface area (Å²) in [6, 6.07) is 0.623. The molecule has 1 saturated heterocycles. The monoisotopic (exact) mass is 441 g/mol. The molecule has 3 unspecified atom stereocenters. The first-order chi connectivity index (χ1) is 15.1. The van der Waals surface area contributed by atoms with Crippen molar-refractivity contribution in [1.29, 1.82) is 0 Å². The predicted octanol–water partition coefficient (Wildman–Crippen LogP) is 5.98. The van der Waals surface area contributed by atoms with Crippen LogP contribution in [-0.2, 0) is 4.74 Å². The number of nitrogens with zero attached hydrogens (tertiary/aromatic N) is 1. The largest absolute Gasteiger partial charge is 0.393 e. The lowest BCUT2D eigenvalue weighted by molar-refractivity contribution is -0.0906. The second kappa shape index (κ2) is 7.95. The van der Waals surface area contributed by atoms with E-state index in [1.165, 1.54) is 38.5 Å². The summed E-state index contributed by atoms with van der Waals surface area (Å²) in [5.74, 6) is 2.06. The Bertz CT molecular complexity index is 806. The van der Waals surface area contributed by atoms with Gasteiger partial charge >= 0.3 is 0 Å². The van der Waals surface area contributed by atoms with E-state index in [4.69, 9.17) is 4.74 Å². The molecule has 1 aliphatic heterocycles. The minimum Gasteiger partial charge on any atom is -0.393 e. The van der Waals surface area contributed by atoms with Gasteiger partial charge in [-0.15, -0.1) is 0 Å². The van der Waals surface area contributed by atoms with E-state index >= 15 is 0 Å². The van der Waals surface area contributed by atoms with E-state index < -0.39 is 0 Å². The first-order valence-corrected chi connectivity index (χ1v) is 13.5. The summed E-state index contributed by atoms with van der Waals surface area (Å²) in [5, 5.41) is 10.8. The van der Waals surface area contributed by atoms with Gasteiger partial charge in [-0.05, 0) is 97.0 Å². The number of morpholine rings is 1. The molecule has 32 heavy (non-hydrogen) atoms. The molecule has 0 amide bonds. The SMILES string of the molecule is CC([C@@H](C)[C@H]1CC=C2C3=C(CC[C@@]21C)[C@@]1(C)CCC(O)C(C)(C)C1CC3)N1CCOCC1. The van der Waals surface area contributed by atoms with Crippen molar-refractivity contribution in [3.63, 3.8) is 0 Å². The number of rotatable bonds is 3. The highest BCUT2D eigenvalue weighted by Gasteiger charge is 2.57. The zero-order valence-corrected chi connectivity index (χ0v) is 21.5. The maximum absolute atomic E-state index is 10.8. The zero-order valence-electron chi connectivity index (χ0n) is 21.5. The number of hydrogen-bond acceptors (Lipinski definition) is 3. The Morgan fingerprint density at radius 1 is 1.00 bits per heavy atom. The Hall–Kier alpha value is -0.640. The van der Waals surface area contributed by atoms with Gasteiger partial charge in [-0.2, -0.15) is 0 Å². The number of aliphatic hydroxyl groups excluding tert-OH is 1. The van der Waals surface area contributed by atoms with Crippen molar-refractivity contribution in [3.05, 3.63) is 22.8 Å². The third kappa shape index (κ3) is 3.24. The molecule has 0 bridgehead atoms. The molecule has 180 valence electrons. The van der Waals surface area contributed by atoms with Gasteiger partial charge in [0.2, 0.25) is 0 Å². The Morgan fingerprint density at radius 3 is 2.44 bits per heavy atom. The second-order valence-corrected chi connectivity index (χ2v) is 13.0. The Morgan fingerprint density at radius 2 is 1.72 bits per heavy atom. The molecule has 7 atom stereocenters. The van der Waals surface area contributed by atoms with E-state index in [1.807, 2.05) is 0 Å². The predicted molar refractivity (Wildman–Crippen MR) is 131 cm³/mol. The van der Waals surface area contributed by atoms with Crippen LogP contribution in [0.2, 0.25) is 0 Å². The smallest absolute Gasteiger partial charge is 0.0594 e. The van der Waals surface area contributed by atoms with Gasteiger partial charge in [0.05, 0.1) is 19.3 Å². The Balaban J connectivity index is 1.42. The lowest BCUT2D eigenvalue weighted by atomic mass is 9.46. The van der Waals surface area contributed by atoms with Crippen molar-refractivity contribution in [2.75, 3.05) is 26.3 Å². The summed E-state index contributed by atoms with van der Waals surface area (Å²) in [6.07, 6.45) is 11.0. The van der Waals surface area contributed by atoms with Gasteiger partial charge in [-0.25, -0.2) is 0 Å². The maximum Gasteiger partial charge on any atom is 0.0594 e. The second-order valence-electron chi connectivity index (χ2n) is 13.0. The van der Waals surface area contributed by atoms with Crippen LogP contribution in [0, 0.1) is 34.0 Å². The molecule has 1 heterocycles. The first kappa shape index (κ1) is 23.1. The lowest BCUT2D eigenvalue weighted by Crippen LogP contribution is -2.53. The van der Waals surface area contributed by atoms with Gasteiger partial charge in [-0.1, -0.05) is 46.3 Å². The fourth-order valence-corrected chi connectivity index (χ4v) is 9.16. The van der Waals surface area contributed by atoms with Crippen LogP contribution in [0.1, 0.15) is 86.5 Å². The minimum atomic E-state index is -0.144. The molecule has 4 aliphatic carbocycles. The minimum absolute atomic E-state index is 0.0287. The summed E-state index contributed by atoms with van der Waals surface area (Å²) >= 11 is 0. The van der Waals surface area contributed by atoms with Crippen molar-refractivity contribution >= 4 is 0 Å². The van der Waals surface area contributed by atoms with Crippen LogP contribution in [0.4, 0.5) is 0 Å². The Labute approximate surface area is 196 Å². The van der Waals surface area contributed by atoms with Gasteiger partial charge in [-0.3, -0.25) is 4.90 Å². The van der Waals surface area contributed by atoms with E-state index in [0.717, 1.165) is 38.6 Å². The van der Waals surface area contributed by atoms with Crippen molar-refractivity contribution in [3.8, 4) is 0 Å². The van der Waals surface area contributed by atoms with Gasteiger partial charge < -0.3 is 9.84 Å². The number of allylic oxidation sites excluding steroid dienone is 4. The van der Waals surface area contributed by atoms with Crippen molar-refractivity contribution in [1.82, 2.24) is 4.90 Å². The summed E-state index contributed by atoms with van der Waals surface area (Å²) in [7, 11) is 0. The zero-order chi connectivity index (χ0) is 22.9. The third-order valence-corrected chi connectivity index (χ3v) is 11.4.